The molecule has 2 aromatic carbocycles. The van der Waals surface area contributed by atoms with Gasteiger partial charge in [-0.05, 0) is 49.8 Å². The van der Waals surface area contributed by atoms with Crippen molar-refractivity contribution in [2.24, 2.45) is 4.99 Å². The van der Waals surface area contributed by atoms with Crippen LogP contribution in [-0.4, -0.2) is 18.5 Å². The number of hydrogen-bond acceptors (Lipinski definition) is 4. The molecule has 4 nitrogen and oxygen atoms in total. The average Bonchev–Trinajstić information content (AvgIpc) is 2.89. The number of aliphatic imine (C=N–C) groups is 1. The molecule has 0 amide bonds. The first-order valence-electron chi connectivity index (χ1n) is 7.57. The topological polar surface area (TPSA) is 47.9 Å². The molecular formula is C19H15F2NO3. The Morgan fingerprint density at radius 3 is 2.32 bits per heavy atom. The molecule has 0 bridgehead atoms. The standard InChI is InChI=1S/C19H15F2NO3/c1-11-7-12(2)9-14(8-11)17-22-16(18(23)25-17)10-13-3-5-15(6-4-13)24-19(20)21/h3-10,19H,1-2H3. The van der Waals surface area contributed by atoms with Gasteiger partial charge in [-0.15, -0.1) is 0 Å². The number of ether oxygens (including phenoxy) is 2. The number of benzene rings is 2. The van der Waals surface area contributed by atoms with E-state index < -0.39 is 12.6 Å². The molecule has 0 fully saturated rings. The molecule has 1 aliphatic rings. The Labute approximate surface area is 143 Å². The fraction of sp³-hybridized carbons (Fsp3) is 0.158. The Morgan fingerprint density at radius 1 is 1.08 bits per heavy atom. The van der Waals surface area contributed by atoms with Gasteiger partial charge in [-0.3, -0.25) is 0 Å². The number of hydrogen-bond donors (Lipinski definition) is 0. The summed E-state index contributed by atoms with van der Waals surface area (Å²) in [5.41, 5.74) is 3.59. The zero-order valence-corrected chi connectivity index (χ0v) is 13.6. The van der Waals surface area contributed by atoms with E-state index in [1.165, 1.54) is 18.2 Å². The van der Waals surface area contributed by atoms with Crippen LogP contribution in [0.4, 0.5) is 8.78 Å². The van der Waals surface area contributed by atoms with Crippen LogP contribution >= 0.6 is 0 Å². The maximum Gasteiger partial charge on any atom is 0.387 e. The number of cyclic esters (lactones) is 1. The van der Waals surface area contributed by atoms with Gasteiger partial charge in [0.15, 0.2) is 5.70 Å². The van der Waals surface area contributed by atoms with E-state index in [2.05, 4.69) is 9.73 Å². The van der Waals surface area contributed by atoms with Crippen molar-refractivity contribution in [3.05, 3.63) is 70.4 Å². The molecule has 0 aliphatic carbocycles. The molecule has 0 spiro atoms. The minimum absolute atomic E-state index is 0.0468. The van der Waals surface area contributed by atoms with Gasteiger partial charge in [-0.2, -0.15) is 8.78 Å². The summed E-state index contributed by atoms with van der Waals surface area (Å²) in [4.78, 5) is 16.3. The molecule has 0 N–H and O–H groups in total. The van der Waals surface area contributed by atoms with Crippen molar-refractivity contribution in [2.75, 3.05) is 0 Å². The van der Waals surface area contributed by atoms with Crippen LogP contribution in [0.15, 0.2) is 53.2 Å². The van der Waals surface area contributed by atoms with Crippen molar-refractivity contribution in [1.82, 2.24) is 0 Å². The summed E-state index contributed by atoms with van der Waals surface area (Å²) >= 11 is 0. The Balaban J connectivity index is 1.85. The number of nitrogens with zero attached hydrogens (tertiary/aromatic N) is 1. The van der Waals surface area contributed by atoms with Crippen LogP contribution in [0.3, 0.4) is 0 Å². The molecule has 1 aliphatic heterocycles. The summed E-state index contributed by atoms with van der Waals surface area (Å²) in [5, 5.41) is 0. The Kier molecular flexibility index (Phi) is 4.61. The highest BCUT2D eigenvalue weighted by molar-refractivity contribution is 6.12. The normalized spacial score (nSPS) is 15.5. The summed E-state index contributed by atoms with van der Waals surface area (Å²) in [7, 11) is 0. The lowest BCUT2D eigenvalue weighted by Gasteiger charge is -2.03. The molecule has 0 atom stereocenters. The quantitative estimate of drug-likeness (QED) is 0.616. The maximum atomic E-state index is 12.1. The Morgan fingerprint density at radius 2 is 1.72 bits per heavy atom. The number of carbonyl (C=O) groups is 1. The van der Waals surface area contributed by atoms with Gasteiger partial charge in [0.05, 0.1) is 0 Å². The van der Waals surface area contributed by atoms with Crippen LogP contribution in [0, 0.1) is 13.8 Å². The largest absolute Gasteiger partial charge is 0.435 e. The van der Waals surface area contributed by atoms with E-state index in [-0.39, 0.29) is 17.3 Å². The number of aryl methyl sites for hydroxylation is 2. The maximum absolute atomic E-state index is 12.1. The third kappa shape index (κ3) is 4.09. The van der Waals surface area contributed by atoms with Crippen LogP contribution in [0.25, 0.3) is 6.08 Å². The van der Waals surface area contributed by atoms with Gasteiger partial charge in [-0.25, -0.2) is 9.79 Å². The third-order valence-electron chi connectivity index (χ3n) is 3.50. The highest BCUT2D eigenvalue weighted by Gasteiger charge is 2.24. The number of rotatable bonds is 4. The second kappa shape index (κ2) is 6.84. The highest BCUT2D eigenvalue weighted by Crippen LogP contribution is 2.22. The van der Waals surface area contributed by atoms with Crippen LogP contribution in [-0.2, 0) is 9.53 Å². The van der Waals surface area contributed by atoms with Gasteiger partial charge in [0.25, 0.3) is 0 Å². The molecule has 1 heterocycles. The lowest BCUT2D eigenvalue weighted by Crippen LogP contribution is -2.06. The number of alkyl halides is 2. The second-order valence-corrected chi connectivity index (χ2v) is 5.66. The molecule has 6 heteroatoms. The van der Waals surface area contributed by atoms with E-state index in [1.807, 2.05) is 32.0 Å². The van der Waals surface area contributed by atoms with Gasteiger partial charge in [-0.1, -0.05) is 29.3 Å². The van der Waals surface area contributed by atoms with Crippen molar-refractivity contribution < 1.29 is 23.0 Å². The Hall–Kier alpha value is -3.02. The molecule has 0 saturated heterocycles. The van der Waals surface area contributed by atoms with Gasteiger partial charge in [0, 0.05) is 5.56 Å². The van der Waals surface area contributed by atoms with E-state index in [0.29, 0.717) is 5.56 Å². The molecule has 128 valence electrons. The van der Waals surface area contributed by atoms with Crippen LogP contribution in [0.1, 0.15) is 22.3 Å². The van der Waals surface area contributed by atoms with E-state index in [9.17, 15) is 13.6 Å². The highest BCUT2D eigenvalue weighted by atomic mass is 19.3. The molecule has 2 aromatic rings. The lowest BCUT2D eigenvalue weighted by molar-refractivity contribution is -0.129. The molecule has 0 radical (unpaired) electrons. The Bertz CT molecular complexity index is 850. The summed E-state index contributed by atoms with van der Waals surface area (Å²) < 4.78 is 33.8. The van der Waals surface area contributed by atoms with Crippen molar-refractivity contribution >= 4 is 17.9 Å². The number of carbonyl (C=O) groups excluding carboxylic acids is 1. The smallest absolute Gasteiger partial charge is 0.387 e. The van der Waals surface area contributed by atoms with Gasteiger partial charge in [0.1, 0.15) is 5.75 Å². The molecule has 3 rings (SSSR count). The van der Waals surface area contributed by atoms with Crippen molar-refractivity contribution in [3.8, 4) is 5.75 Å². The van der Waals surface area contributed by atoms with E-state index in [1.54, 1.807) is 12.1 Å². The summed E-state index contributed by atoms with van der Waals surface area (Å²) in [5.74, 6) is -0.256. The van der Waals surface area contributed by atoms with Crippen molar-refractivity contribution in [3.63, 3.8) is 0 Å². The fourth-order valence-corrected chi connectivity index (χ4v) is 2.53. The van der Waals surface area contributed by atoms with Crippen molar-refractivity contribution in [1.29, 1.82) is 0 Å². The minimum atomic E-state index is -2.88. The van der Waals surface area contributed by atoms with Crippen LogP contribution < -0.4 is 4.74 Å². The average molecular weight is 343 g/mol. The molecular weight excluding hydrogens is 328 g/mol. The summed E-state index contributed by atoms with van der Waals surface area (Å²) in [6.07, 6.45) is 1.53. The first-order chi connectivity index (χ1) is 11.9. The predicted octanol–water partition coefficient (Wildman–Crippen LogP) is 4.25. The van der Waals surface area contributed by atoms with Crippen molar-refractivity contribution in [2.45, 2.75) is 20.5 Å². The summed E-state index contributed by atoms with van der Waals surface area (Å²) in [6, 6.07) is 11.7. The van der Waals surface area contributed by atoms with E-state index in [4.69, 9.17) is 4.74 Å². The zero-order valence-electron chi connectivity index (χ0n) is 13.6. The van der Waals surface area contributed by atoms with Crippen LogP contribution in [0.5, 0.6) is 5.75 Å². The minimum Gasteiger partial charge on any atom is -0.435 e. The van der Waals surface area contributed by atoms with E-state index in [0.717, 1.165) is 16.7 Å². The monoisotopic (exact) mass is 343 g/mol. The SMILES string of the molecule is Cc1cc(C)cc(C2=NC(=Cc3ccc(OC(F)F)cc3)C(=O)O2)c1. The van der Waals surface area contributed by atoms with Gasteiger partial charge >= 0.3 is 12.6 Å². The van der Waals surface area contributed by atoms with Crippen LogP contribution in [0.2, 0.25) is 0 Å². The zero-order chi connectivity index (χ0) is 18.0. The summed E-state index contributed by atoms with van der Waals surface area (Å²) in [6.45, 7) is 1.03. The number of esters is 1. The van der Waals surface area contributed by atoms with E-state index >= 15 is 0 Å². The third-order valence-corrected chi connectivity index (χ3v) is 3.50. The van der Waals surface area contributed by atoms with Gasteiger partial charge < -0.3 is 9.47 Å². The first-order valence-corrected chi connectivity index (χ1v) is 7.57. The number of halogens is 2. The fourth-order valence-electron chi connectivity index (χ4n) is 2.53. The first kappa shape index (κ1) is 16.8. The molecule has 0 unspecified atom stereocenters. The second-order valence-electron chi connectivity index (χ2n) is 5.66. The molecule has 0 saturated carbocycles. The predicted molar refractivity (Wildman–Crippen MR) is 89.6 cm³/mol. The molecule has 0 aromatic heterocycles. The van der Waals surface area contributed by atoms with Gasteiger partial charge in [0.2, 0.25) is 5.90 Å². The lowest BCUT2D eigenvalue weighted by atomic mass is 10.1. The molecule has 25 heavy (non-hydrogen) atoms.